The average Bonchev–Trinajstić information content (AvgIpc) is 2.47. The lowest BCUT2D eigenvalue weighted by atomic mass is 10.3. The Morgan fingerprint density at radius 2 is 2.05 bits per heavy atom. The third kappa shape index (κ3) is 5.09. The topological polar surface area (TPSA) is 73.8 Å². The third-order valence-electron chi connectivity index (χ3n) is 2.54. The van der Waals surface area contributed by atoms with Gasteiger partial charge in [-0.15, -0.1) is 0 Å². The van der Waals surface area contributed by atoms with E-state index in [1.54, 1.807) is 20.3 Å². The highest BCUT2D eigenvalue weighted by molar-refractivity contribution is 5.69. The van der Waals surface area contributed by atoms with Gasteiger partial charge in [0.1, 0.15) is 12.1 Å². The minimum Gasteiger partial charge on any atom is -0.481 e. The zero-order valence-electron chi connectivity index (χ0n) is 11.5. The molecule has 0 saturated carbocycles. The Morgan fingerprint density at radius 3 is 2.68 bits per heavy atom. The molecular formula is C12H19N3O4. The van der Waals surface area contributed by atoms with Crippen LogP contribution in [0.1, 0.15) is 6.42 Å². The van der Waals surface area contributed by atoms with Gasteiger partial charge in [0.05, 0.1) is 27.2 Å². The summed E-state index contributed by atoms with van der Waals surface area (Å²) in [5, 5.41) is 0. The number of anilines is 1. The van der Waals surface area contributed by atoms with Crippen LogP contribution in [-0.2, 0) is 14.3 Å². The second-order valence-electron chi connectivity index (χ2n) is 3.72. The molecular weight excluding hydrogens is 250 g/mol. The van der Waals surface area contributed by atoms with Gasteiger partial charge >= 0.3 is 5.97 Å². The molecule has 0 bridgehead atoms. The molecule has 0 N–H and O–H groups in total. The number of aromatic nitrogens is 2. The molecule has 0 saturated heterocycles. The summed E-state index contributed by atoms with van der Waals surface area (Å²) in [5.74, 6) is 0.904. The Bertz CT molecular complexity index is 400. The molecule has 0 fully saturated rings. The van der Waals surface area contributed by atoms with Gasteiger partial charge < -0.3 is 19.1 Å². The summed E-state index contributed by atoms with van der Waals surface area (Å²) in [6, 6.07) is 1.72. The van der Waals surface area contributed by atoms with Crippen LogP contribution < -0.4 is 9.64 Å². The van der Waals surface area contributed by atoms with Gasteiger partial charge in [-0.1, -0.05) is 0 Å². The molecule has 0 aliphatic carbocycles. The van der Waals surface area contributed by atoms with Crippen LogP contribution in [0, 0.1) is 0 Å². The first kappa shape index (κ1) is 15.2. The predicted molar refractivity (Wildman–Crippen MR) is 69.3 cm³/mol. The van der Waals surface area contributed by atoms with Crippen LogP contribution in [0.15, 0.2) is 12.4 Å². The highest BCUT2D eigenvalue weighted by Gasteiger charge is 2.11. The number of carbonyl (C=O) groups is 1. The molecule has 0 unspecified atom stereocenters. The third-order valence-corrected chi connectivity index (χ3v) is 2.54. The lowest BCUT2D eigenvalue weighted by Crippen LogP contribution is -2.30. The van der Waals surface area contributed by atoms with E-state index in [9.17, 15) is 4.79 Å². The maximum absolute atomic E-state index is 11.2. The molecule has 1 rings (SSSR count). The molecule has 1 heterocycles. The zero-order valence-corrected chi connectivity index (χ0v) is 11.5. The van der Waals surface area contributed by atoms with E-state index in [0.29, 0.717) is 31.4 Å². The fourth-order valence-corrected chi connectivity index (χ4v) is 1.49. The van der Waals surface area contributed by atoms with Gasteiger partial charge in [0, 0.05) is 26.3 Å². The summed E-state index contributed by atoms with van der Waals surface area (Å²) in [6.45, 7) is 1.65. The number of ether oxygens (including phenoxy) is 3. The Labute approximate surface area is 112 Å². The van der Waals surface area contributed by atoms with Gasteiger partial charge in [-0.3, -0.25) is 4.79 Å². The standard InChI is InChI=1S/C12H19N3O4/c1-17-7-6-15(5-4-12(16)19-3)10-8-11(18-2)14-9-13-10/h8-9H,4-7H2,1-3H3. The van der Waals surface area contributed by atoms with Crippen LogP contribution >= 0.6 is 0 Å². The van der Waals surface area contributed by atoms with E-state index in [1.807, 2.05) is 4.90 Å². The molecule has 0 aromatic carbocycles. The molecule has 1 aromatic rings. The summed E-state index contributed by atoms with van der Waals surface area (Å²) in [5.41, 5.74) is 0. The van der Waals surface area contributed by atoms with Crippen LogP contribution in [0.5, 0.6) is 5.88 Å². The molecule has 0 spiro atoms. The first-order valence-electron chi connectivity index (χ1n) is 5.88. The Balaban J connectivity index is 2.73. The number of carbonyl (C=O) groups excluding carboxylic acids is 1. The van der Waals surface area contributed by atoms with Crippen molar-refractivity contribution in [2.45, 2.75) is 6.42 Å². The fourth-order valence-electron chi connectivity index (χ4n) is 1.49. The van der Waals surface area contributed by atoms with Crippen molar-refractivity contribution >= 4 is 11.8 Å². The maximum Gasteiger partial charge on any atom is 0.307 e. The summed E-state index contributed by atoms with van der Waals surface area (Å²) in [6.07, 6.45) is 1.71. The Hall–Kier alpha value is -1.89. The quantitative estimate of drug-likeness (QED) is 0.636. The van der Waals surface area contributed by atoms with Crippen molar-refractivity contribution < 1.29 is 19.0 Å². The monoisotopic (exact) mass is 269 g/mol. The highest BCUT2D eigenvalue weighted by atomic mass is 16.5. The molecule has 0 aliphatic heterocycles. The molecule has 0 amide bonds. The molecule has 7 nitrogen and oxygen atoms in total. The van der Waals surface area contributed by atoms with Gasteiger partial charge in [0.25, 0.3) is 0 Å². The van der Waals surface area contributed by atoms with Gasteiger partial charge in [0.2, 0.25) is 5.88 Å². The number of hydrogen-bond acceptors (Lipinski definition) is 7. The van der Waals surface area contributed by atoms with Gasteiger partial charge in [-0.05, 0) is 0 Å². The van der Waals surface area contributed by atoms with E-state index >= 15 is 0 Å². The SMILES string of the molecule is COCCN(CCC(=O)OC)c1cc(OC)ncn1. The molecule has 106 valence electrons. The van der Waals surface area contributed by atoms with E-state index in [1.165, 1.54) is 13.4 Å². The summed E-state index contributed by atoms with van der Waals surface area (Å²) in [4.78, 5) is 21.2. The second kappa shape index (κ2) is 8.25. The second-order valence-corrected chi connectivity index (χ2v) is 3.72. The largest absolute Gasteiger partial charge is 0.481 e. The van der Waals surface area contributed by atoms with E-state index in [2.05, 4.69) is 14.7 Å². The fraction of sp³-hybridized carbons (Fsp3) is 0.583. The smallest absolute Gasteiger partial charge is 0.307 e. The van der Waals surface area contributed by atoms with Crippen molar-refractivity contribution in [1.82, 2.24) is 9.97 Å². The number of methoxy groups -OCH3 is 3. The molecule has 0 atom stereocenters. The van der Waals surface area contributed by atoms with Crippen LogP contribution in [0.2, 0.25) is 0 Å². The molecule has 0 radical (unpaired) electrons. The average molecular weight is 269 g/mol. The van der Waals surface area contributed by atoms with Gasteiger partial charge in [-0.2, -0.15) is 0 Å². The lowest BCUT2D eigenvalue weighted by molar-refractivity contribution is -0.140. The van der Waals surface area contributed by atoms with Crippen LogP contribution in [-0.4, -0.2) is 57.0 Å². The molecule has 7 heteroatoms. The maximum atomic E-state index is 11.2. The molecule has 1 aromatic heterocycles. The van der Waals surface area contributed by atoms with Crippen LogP contribution in [0.4, 0.5) is 5.82 Å². The number of nitrogens with zero attached hydrogens (tertiary/aromatic N) is 3. The first-order chi connectivity index (χ1) is 9.21. The first-order valence-corrected chi connectivity index (χ1v) is 5.88. The summed E-state index contributed by atoms with van der Waals surface area (Å²) < 4.78 is 14.7. The van der Waals surface area contributed by atoms with Crippen molar-refractivity contribution in [2.24, 2.45) is 0 Å². The van der Waals surface area contributed by atoms with E-state index in [0.717, 1.165) is 0 Å². The van der Waals surface area contributed by atoms with Crippen LogP contribution in [0.25, 0.3) is 0 Å². The van der Waals surface area contributed by atoms with Crippen molar-refractivity contribution in [3.05, 3.63) is 12.4 Å². The van der Waals surface area contributed by atoms with Crippen molar-refractivity contribution in [3.63, 3.8) is 0 Å². The van der Waals surface area contributed by atoms with E-state index in [4.69, 9.17) is 9.47 Å². The summed E-state index contributed by atoms with van der Waals surface area (Å²) >= 11 is 0. The highest BCUT2D eigenvalue weighted by Crippen LogP contribution is 2.15. The number of hydrogen-bond donors (Lipinski definition) is 0. The van der Waals surface area contributed by atoms with E-state index in [-0.39, 0.29) is 12.4 Å². The van der Waals surface area contributed by atoms with Crippen LogP contribution in [0.3, 0.4) is 0 Å². The Kier molecular flexibility index (Phi) is 6.59. The normalized spacial score (nSPS) is 10.1. The van der Waals surface area contributed by atoms with Gasteiger partial charge in [-0.25, -0.2) is 9.97 Å². The van der Waals surface area contributed by atoms with Gasteiger partial charge in [0.15, 0.2) is 0 Å². The minimum atomic E-state index is -0.261. The number of rotatable bonds is 8. The van der Waals surface area contributed by atoms with Crippen molar-refractivity contribution in [3.8, 4) is 5.88 Å². The van der Waals surface area contributed by atoms with Crippen molar-refractivity contribution in [1.29, 1.82) is 0 Å². The Morgan fingerprint density at radius 1 is 1.26 bits per heavy atom. The molecule has 0 aliphatic rings. The minimum absolute atomic E-state index is 0.261. The predicted octanol–water partition coefficient (Wildman–Crippen LogP) is 0.501. The number of esters is 1. The zero-order chi connectivity index (χ0) is 14.1. The lowest BCUT2D eigenvalue weighted by Gasteiger charge is -2.22. The molecule has 19 heavy (non-hydrogen) atoms. The van der Waals surface area contributed by atoms with E-state index < -0.39 is 0 Å². The summed E-state index contributed by atoms with van der Waals surface area (Å²) in [7, 11) is 4.54. The van der Waals surface area contributed by atoms with Crippen molar-refractivity contribution in [2.75, 3.05) is 45.9 Å².